The molecule has 1 fully saturated rings. The second kappa shape index (κ2) is 2.79. The van der Waals surface area contributed by atoms with Gasteiger partial charge in [-0.1, -0.05) is 11.5 Å². The Hall–Kier alpha value is -1.03. The van der Waals surface area contributed by atoms with Crippen LogP contribution in [0.4, 0.5) is 0 Å². The zero-order valence-electron chi connectivity index (χ0n) is 6.45. The maximum atomic E-state index is 10.6. The summed E-state index contributed by atoms with van der Waals surface area (Å²) in [6.45, 7) is 0.221. The first kappa shape index (κ1) is 7.62. The normalized spacial score (nSPS) is 27.7. The molecule has 3 nitrogen and oxygen atoms in total. The van der Waals surface area contributed by atoms with Crippen LogP contribution in [0.1, 0.15) is 6.42 Å². The Morgan fingerprint density at radius 2 is 2.50 bits per heavy atom. The molecule has 0 N–H and O–H groups in total. The second-order valence-corrected chi connectivity index (χ2v) is 2.71. The van der Waals surface area contributed by atoms with Gasteiger partial charge < -0.3 is 9.47 Å². The van der Waals surface area contributed by atoms with Crippen molar-refractivity contribution >= 4 is 14.1 Å². The number of rotatable bonds is 1. The van der Waals surface area contributed by atoms with Crippen LogP contribution < -0.4 is 0 Å². The lowest BCUT2D eigenvalue weighted by atomic mass is 9.82. The summed E-state index contributed by atoms with van der Waals surface area (Å²) in [7, 11) is 5.58. The molecule has 0 aromatic rings. The van der Waals surface area contributed by atoms with Crippen LogP contribution in [0, 0.1) is 0 Å². The SMILES string of the molecule is [B]C1=CCC2OCOC2=C1C=O. The molecule has 12 heavy (non-hydrogen) atoms. The van der Waals surface area contributed by atoms with Gasteiger partial charge in [-0.15, -0.1) is 0 Å². The molecule has 0 saturated carbocycles. The maximum Gasteiger partial charge on any atom is 0.189 e. The van der Waals surface area contributed by atoms with Crippen LogP contribution in [0.2, 0.25) is 0 Å². The van der Waals surface area contributed by atoms with E-state index in [1.54, 1.807) is 6.08 Å². The Kier molecular flexibility index (Phi) is 1.77. The van der Waals surface area contributed by atoms with Gasteiger partial charge in [0.1, 0.15) is 19.7 Å². The van der Waals surface area contributed by atoms with Crippen LogP contribution in [-0.4, -0.2) is 27.0 Å². The monoisotopic (exact) mass is 162 g/mol. The largest absolute Gasteiger partial charge is 0.468 e. The summed E-state index contributed by atoms with van der Waals surface area (Å²) >= 11 is 0. The molecule has 1 unspecified atom stereocenters. The van der Waals surface area contributed by atoms with E-state index in [0.717, 1.165) is 0 Å². The zero-order valence-corrected chi connectivity index (χ0v) is 6.45. The standard InChI is InChI=1S/C8H7BO3/c9-6-1-2-7-8(5(6)3-10)12-4-11-7/h1,3,7H,2,4H2. The number of aldehydes is 1. The van der Waals surface area contributed by atoms with Crippen molar-refractivity contribution in [1.82, 2.24) is 0 Å². The number of hydrogen-bond acceptors (Lipinski definition) is 3. The fourth-order valence-corrected chi connectivity index (χ4v) is 1.39. The number of fused-ring (bicyclic) bond motifs is 1. The van der Waals surface area contributed by atoms with E-state index in [9.17, 15) is 4.79 Å². The van der Waals surface area contributed by atoms with Gasteiger partial charge in [0.2, 0.25) is 0 Å². The highest BCUT2D eigenvalue weighted by Gasteiger charge is 2.29. The van der Waals surface area contributed by atoms with Crippen LogP contribution in [0.5, 0.6) is 0 Å². The highest BCUT2D eigenvalue weighted by molar-refractivity contribution is 6.27. The third kappa shape index (κ3) is 0.993. The predicted octanol–water partition coefficient (Wildman–Crippen LogP) is 0.268. The van der Waals surface area contributed by atoms with E-state index in [4.69, 9.17) is 17.3 Å². The zero-order chi connectivity index (χ0) is 8.55. The van der Waals surface area contributed by atoms with Gasteiger partial charge >= 0.3 is 0 Å². The van der Waals surface area contributed by atoms with Crippen LogP contribution in [0.15, 0.2) is 22.9 Å². The minimum Gasteiger partial charge on any atom is -0.468 e. The third-order valence-corrected chi connectivity index (χ3v) is 2.02. The van der Waals surface area contributed by atoms with E-state index in [-0.39, 0.29) is 12.9 Å². The second-order valence-electron chi connectivity index (χ2n) is 2.71. The molecule has 2 rings (SSSR count). The summed E-state index contributed by atoms with van der Waals surface area (Å²) in [5, 5.41) is 0. The van der Waals surface area contributed by atoms with Gasteiger partial charge in [-0.2, -0.15) is 0 Å². The highest BCUT2D eigenvalue weighted by atomic mass is 16.7. The predicted molar refractivity (Wildman–Crippen MR) is 42.4 cm³/mol. The molecule has 2 aliphatic rings. The number of carbonyl (C=O) groups excluding carboxylic acids is 1. The minimum atomic E-state index is -0.0995. The Labute approximate surface area is 71.4 Å². The van der Waals surface area contributed by atoms with Crippen molar-refractivity contribution in [1.29, 1.82) is 0 Å². The number of ether oxygens (including phenoxy) is 2. The van der Waals surface area contributed by atoms with E-state index >= 15 is 0 Å². The first-order valence-electron chi connectivity index (χ1n) is 3.72. The molecule has 0 spiro atoms. The maximum absolute atomic E-state index is 10.6. The average Bonchev–Trinajstić information content (AvgIpc) is 2.52. The van der Waals surface area contributed by atoms with Gasteiger partial charge in [0.25, 0.3) is 0 Å². The minimum absolute atomic E-state index is 0.0995. The van der Waals surface area contributed by atoms with E-state index in [1.165, 1.54) is 0 Å². The molecule has 1 atom stereocenters. The van der Waals surface area contributed by atoms with Gasteiger partial charge in [-0.3, -0.25) is 4.79 Å². The Morgan fingerprint density at radius 1 is 1.67 bits per heavy atom. The Morgan fingerprint density at radius 3 is 3.25 bits per heavy atom. The molecule has 2 radical (unpaired) electrons. The molecule has 1 aliphatic heterocycles. The van der Waals surface area contributed by atoms with Crippen molar-refractivity contribution in [3.63, 3.8) is 0 Å². The molecular weight excluding hydrogens is 155 g/mol. The van der Waals surface area contributed by atoms with Crippen molar-refractivity contribution in [2.45, 2.75) is 12.5 Å². The third-order valence-electron chi connectivity index (χ3n) is 2.02. The van der Waals surface area contributed by atoms with Crippen molar-refractivity contribution in [2.75, 3.05) is 6.79 Å². The molecular formula is C8H7BO3. The summed E-state index contributed by atoms with van der Waals surface area (Å²) in [5.41, 5.74) is 0.922. The van der Waals surface area contributed by atoms with Crippen molar-refractivity contribution in [3.8, 4) is 0 Å². The topological polar surface area (TPSA) is 35.5 Å². The molecule has 1 saturated heterocycles. The van der Waals surface area contributed by atoms with Crippen molar-refractivity contribution in [2.24, 2.45) is 0 Å². The summed E-state index contributed by atoms with van der Waals surface area (Å²) in [6, 6.07) is 0. The van der Waals surface area contributed by atoms with Crippen molar-refractivity contribution < 1.29 is 14.3 Å². The lowest BCUT2D eigenvalue weighted by molar-refractivity contribution is -0.104. The average molecular weight is 162 g/mol. The molecule has 1 heterocycles. The van der Waals surface area contributed by atoms with E-state index in [0.29, 0.717) is 29.5 Å². The van der Waals surface area contributed by atoms with Crippen LogP contribution >= 0.6 is 0 Å². The van der Waals surface area contributed by atoms with Gasteiger partial charge in [0, 0.05) is 5.57 Å². The van der Waals surface area contributed by atoms with Gasteiger partial charge in [0.05, 0.1) is 0 Å². The van der Waals surface area contributed by atoms with Gasteiger partial charge in [0.15, 0.2) is 13.1 Å². The molecule has 0 aromatic carbocycles. The molecule has 0 bridgehead atoms. The Bertz CT molecular complexity index is 280. The molecule has 1 aliphatic carbocycles. The first-order valence-corrected chi connectivity index (χ1v) is 3.72. The van der Waals surface area contributed by atoms with Gasteiger partial charge in [-0.05, 0) is 6.42 Å². The van der Waals surface area contributed by atoms with Crippen LogP contribution in [0.25, 0.3) is 0 Å². The number of carbonyl (C=O) groups is 1. The summed E-state index contributed by atoms with van der Waals surface area (Å²) in [4.78, 5) is 10.6. The quantitative estimate of drug-likeness (QED) is 0.410. The van der Waals surface area contributed by atoms with E-state index in [1.807, 2.05) is 0 Å². The fraction of sp³-hybridized carbons (Fsp3) is 0.375. The Balaban J connectivity index is 2.41. The molecule has 0 amide bonds. The highest BCUT2D eigenvalue weighted by Crippen LogP contribution is 2.29. The summed E-state index contributed by atoms with van der Waals surface area (Å²) in [6.07, 6.45) is 3.09. The van der Waals surface area contributed by atoms with Crippen LogP contribution in [-0.2, 0) is 14.3 Å². The lowest BCUT2D eigenvalue weighted by Gasteiger charge is -2.15. The van der Waals surface area contributed by atoms with Gasteiger partial charge in [-0.25, -0.2) is 0 Å². The number of hydrogen-bond donors (Lipinski definition) is 0. The smallest absolute Gasteiger partial charge is 0.189 e. The molecule has 0 aromatic heterocycles. The summed E-state index contributed by atoms with van der Waals surface area (Å²) < 4.78 is 10.3. The molecule has 4 heteroatoms. The molecule has 60 valence electrons. The van der Waals surface area contributed by atoms with E-state index < -0.39 is 0 Å². The van der Waals surface area contributed by atoms with Crippen molar-refractivity contribution in [3.05, 3.63) is 22.9 Å². The lowest BCUT2D eigenvalue weighted by Crippen LogP contribution is -2.15. The summed E-state index contributed by atoms with van der Waals surface area (Å²) in [5.74, 6) is 0.588. The first-order chi connectivity index (χ1) is 5.83. The number of allylic oxidation sites excluding steroid dienone is 2. The van der Waals surface area contributed by atoms with Crippen LogP contribution in [0.3, 0.4) is 0 Å². The fourth-order valence-electron chi connectivity index (χ4n) is 1.39. The van der Waals surface area contributed by atoms with E-state index in [2.05, 4.69) is 0 Å².